The van der Waals surface area contributed by atoms with Crippen LogP contribution in [0.3, 0.4) is 0 Å². The summed E-state index contributed by atoms with van der Waals surface area (Å²) in [6.45, 7) is 7.76. The molecule has 1 atom stereocenters. The number of nitrogens with zero attached hydrogens (tertiary/aromatic N) is 2. The molecule has 1 aliphatic rings. The molecule has 114 valence electrons. The van der Waals surface area contributed by atoms with E-state index in [9.17, 15) is 0 Å². The van der Waals surface area contributed by atoms with Gasteiger partial charge < -0.3 is 5.32 Å². The van der Waals surface area contributed by atoms with Crippen LogP contribution in [0, 0.1) is 11.8 Å². The molecule has 2 rings (SSSR count). The molecule has 3 heteroatoms. The van der Waals surface area contributed by atoms with Crippen molar-refractivity contribution in [1.82, 2.24) is 15.1 Å². The Morgan fingerprint density at radius 3 is 2.45 bits per heavy atom. The van der Waals surface area contributed by atoms with Crippen molar-refractivity contribution in [3.8, 4) is 0 Å². The molecule has 0 spiro atoms. The Bertz CT molecular complexity index is 402. The van der Waals surface area contributed by atoms with Gasteiger partial charge >= 0.3 is 0 Å². The first-order valence-electron chi connectivity index (χ1n) is 8.45. The quantitative estimate of drug-likeness (QED) is 0.856. The van der Waals surface area contributed by atoms with E-state index >= 15 is 0 Å². The van der Waals surface area contributed by atoms with E-state index in [0.717, 1.165) is 24.8 Å². The predicted octanol–water partition coefficient (Wildman–Crippen LogP) is 3.85. The lowest BCUT2D eigenvalue weighted by Crippen LogP contribution is -2.32. The summed E-state index contributed by atoms with van der Waals surface area (Å²) in [5.74, 6) is 1.74. The van der Waals surface area contributed by atoms with Gasteiger partial charge in [-0.05, 0) is 43.7 Å². The van der Waals surface area contributed by atoms with Crippen LogP contribution in [0.2, 0.25) is 0 Å². The van der Waals surface area contributed by atoms with Crippen LogP contribution in [0.25, 0.3) is 0 Å². The normalized spacial score (nSPS) is 24.8. The van der Waals surface area contributed by atoms with Crippen molar-refractivity contribution >= 4 is 0 Å². The van der Waals surface area contributed by atoms with Gasteiger partial charge in [-0.2, -0.15) is 5.10 Å². The second-order valence-corrected chi connectivity index (χ2v) is 6.26. The fraction of sp³-hybridized carbons (Fsp3) is 0.824. The molecule has 1 aliphatic carbocycles. The molecule has 1 fully saturated rings. The van der Waals surface area contributed by atoms with Crippen molar-refractivity contribution in [1.29, 1.82) is 0 Å². The molecule has 0 amide bonds. The molecule has 0 aromatic carbocycles. The first kappa shape index (κ1) is 15.6. The molecule has 3 nitrogen and oxygen atoms in total. The molecular formula is C17H31N3. The van der Waals surface area contributed by atoms with Crippen LogP contribution in [0.5, 0.6) is 0 Å². The Balaban J connectivity index is 2.12. The van der Waals surface area contributed by atoms with Crippen LogP contribution in [-0.2, 0) is 13.5 Å². The zero-order valence-electron chi connectivity index (χ0n) is 13.7. The lowest BCUT2D eigenvalue weighted by molar-refractivity contribution is 0.215. The van der Waals surface area contributed by atoms with E-state index in [1.165, 1.54) is 43.5 Å². The van der Waals surface area contributed by atoms with Crippen molar-refractivity contribution in [2.45, 2.75) is 65.3 Å². The van der Waals surface area contributed by atoms with Gasteiger partial charge in [-0.25, -0.2) is 0 Å². The molecule has 0 radical (unpaired) electrons. The minimum atomic E-state index is 0.482. The van der Waals surface area contributed by atoms with E-state index < -0.39 is 0 Å². The molecule has 0 saturated heterocycles. The van der Waals surface area contributed by atoms with Gasteiger partial charge in [0.05, 0.1) is 17.4 Å². The third-order valence-electron chi connectivity index (χ3n) is 5.01. The molecule has 1 unspecified atom stereocenters. The van der Waals surface area contributed by atoms with Gasteiger partial charge in [-0.1, -0.05) is 40.0 Å². The molecular weight excluding hydrogens is 246 g/mol. The van der Waals surface area contributed by atoms with Crippen molar-refractivity contribution in [3.05, 3.63) is 17.5 Å². The number of aryl methyl sites for hydroxylation is 2. The molecule has 0 aliphatic heterocycles. The van der Waals surface area contributed by atoms with Gasteiger partial charge in [0, 0.05) is 7.05 Å². The molecule has 1 saturated carbocycles. The average Bonchev–Trinajstić information content (AvgIpc) is 2.86. The Morgan fingerprint density at radius 1 is 1.25 bits per heavy atom. The summed E-state index contributed by atoms with van der Waals surface area (Å²) >= 11 is 0. The molecule has 1 heterocycles. The highest BCUT2D eigenvalue weighted by Gasteiger charge is 2.29. The number of rotatable bonds is 6. The van der Waals surface area contributed by atoms with Gasteiger partial charge in [0.25, 0.3) is 0 Å². The van der Waals surface area contributed by atoms with Crippen molar-refractivity contribution in [2.24, 2.45) is 18.9 Å². The minimum Gasteiger partial charge on any atom is -0.309 e. The topological polar surface area (TPSA) is 29.9 Å². The van der Waals surface area contributed by atoms with Gasteiger partial charge in [-0.3, -0.25) is 4.68 Å². The Labute approximate surface area is 124 Å². The molecule has 1 aromatic rings. The molecule has 0 bridgehead atoms. The number of hydrogen-bond acceptors (Lipinski definition) is 2. The predicted molar refractivity (Wildman–Crippen MR) is 84.7 cm³/mol. The summed E-state index contributed by atoms with van der Waals surface area (Å²) < 4.78 is 2.10. The first-order chi connectivity index (χ1) is 9.69. The zero-order valence-corrected chi connectivity index (χ0v) is 13.7. The van der Waals surface area contributed by atoms with Gasteiger partial charge in [0.15, 0.2) is 0 Å². The second-order valence-electron chi connectivity index (χ2n) is 6.26. The Hall–Kier alpha value is -0.830. The zero-order chi connectivity index (χ0) is 14.5. The Kier molecular flexibility index (Phi) is 5.64. The lowest BCUT2D eigenvalue weighted by atomic mass is 9.77. The van der Waals surface area contributed by atoms with Crippen LogP contribution >= 0.6 is 0 Å². The summed E-state index contributed by atoms with van der Waals surface area (Å²) in [4.78, 5) is 0. The molecule has 20 heavy (non-hydrogen) atoms. The highest BCUT2D eigenvalue weighted by Crippen LogP contribution is 2.38. The SMILES string of the molecule is CCNC(c1cc(CC)nn1C)C1CCC(CC)CC1. The largest absolute Gasteiger partial charge is 0.309 e. The van der Waals surface area contributed by atoms with Crippen LogP contribution in [-0.4, -0.2) is 16.3 Å². The van der Waals surface area contributed by atoms with E-state index in [1.807, 2.05) is 0 Å². The number of hydrogen-bond donors (Lipinski definition) is 1. The highest BCUT2D eigenvalue weighted by atomic mass is 15.3. The first-order valence-corrected chi connectivity index (χ1v) is 8.45. The van der Waals surface area contributed by atoms with Crippen molar-refractivity contribution in [3.63, 3.8) is 0 Å². The van der Waals surface area contributed by atoms with E-state index in [-0.39, 0.29) is 0 Å². The van der Waals surface area contributed by atoms with Gasteiger partial charge in [0.1, 0.15) is 0 Å². The number of aromatic nitrogens is 2. The highest BCUT2D eigenvalue weighted by molar-refractivity contribution is 5.15. The maximum atomic E-state index is 4.63. The van der Waals surface area contributed by atoms with E-state index in [1.54, 1.807) is 0 Å². The maximum Gasteiger partial charge on any atom is 0.0625 e. The van der Waals surface area contributed by atoms with Crippen LogP contribution in [0.1, 0.15) is 70.3 Å². The molecule has 1 aromatic heterocycles. The third kappa shape index (κ3) is 3.43. The van der Waals surface area contributed by atoms with Crippen LogP contribution < -0.4 is 5.32 Å². The summed E-state index contributed by atoms with van der Waals surface area (Å²) in [5.41, 5.74) is 2.59. The van der Waals surface area contributed by atoms with Crippen LogP contribution in [0.15, 0.2) is 6.07 Å². The van der Waals surface area contributed by atoms with E-state index in [4.69, 9.17) is 0 Å². The minimum absolute atomic E-state index is 0.482. The Morgan fingerprint density at radius 2 is 1.95 bits per heavy atom. The third-order valence-corrected chi connectivity index (χ3v) is 5.01. The monoisotopic (exact) mass is 277 g/mol. The van der Waals surface area contributed by atoms with E-state index in [2.05, 4.69) is 49.0 Å². The van der Waals surface area contributed by atoms with Gasteiger partial charge in [0.2, 0.25) is 0 Å². The summed E-state index contributed by atoms with van der Waals surface area (Å²) in [7, 11) is 2.09. The lowest BCUT2D eigenvalue weighted by Gasteiger charge is -2.34. The van der Waals surface area contributed by atoms with Crippen LogP contribution in [0.4, 0.5) is 0 Å². The van der Waals surface area contributed by atoms with Gasteiger partial charge in [-0.15, -0.1) is 0 Å². The molecule has 1 N–H and O–H groups in total. The fourth-order valence-corrected chi connectivity index (χ4v) is 3.67. The fourth-order valence-electron chi connectivity index (χ4n) is 3.67. The smallest absolute Gasteiger partial charge is 0.0625 e. The van der Waals surface area contributed by atoms with E-state index in [0.29, 0.717) is 6.04 Å². The average molecular weight is 277 g/mol. The van der Waals surface area contributed by atoms with Crippen molar-refractivity contribution in [2.75, 3.05) is 6.54 Å². The summed E-state index contributed by atoms with van der Waals surface area (Å²) in [6.07, 6.45) is 7.91. The summed E-state index contributed by atoms with van der Waals surface area (Å²) in [5, 5.41) is 8.35. The summed E-state index contributed by atoms with van der Waals surface area (Å²) in [6, 6.07) is 2.79. The second kappa shape index (κ2) is 7.26. The van der Waals surface area contributed by atoms with Crippen molar-refractivity contribution < 1.29 is 0 Å². The number of nitrogens with one attached hydrogen (secondary N) is 1. The standard InChI is InChI=1S/C17H31N3/c1-5-13-8-10-14(11-9-13)17(18-7-3)16-12-15(6-2)19-20(16)4/h12-14,17-18H,5-11H2,1-4H3. The maximum absolute atomic E-state index is 4.63.